The quantitative estimate of drug-likeness (QED) is 0.820. The molecule has 1 rings (SSSR count). The van der Waals surface area contributed by atoms with Gasteiger partial charge in [0.05, 0.1) is 0 Å². The molecule has 0 atom stereocenters. The Morgan fingerprint density at radius 3 is 2.50 bits per heavy atom. The first-order chi connectivity index (χ1) is 7.76. The average Bonchev–Trinajstić information content (AvgIpc) is 2.38. The Morgan fingerprint density at radius 1 is 1.31 bits per heavy atom. The number of rotatable bonds is 4. The van der Waals surface area contributed by atoms with Crippen molar-refractivity contribution in [1.82, 2.24) is 5.32 Å². The lowest BCUT2D eigenvalue weighted by atomic mass is 10.1. The van der Waals surface area contributed by atoms with Crippen molar-refractivity contribution in [3.63, 3.8) is 0 Å². The molecule has 1 amide bonds. The van der Waals surface area contributed by atoms with Crippen molar-refractivity contribution >= 4 is 5.91 Å². The van der Waals surface area contributed by atoms with Crippen molar-refractivity contribution in [1.29, 1.82) is 0 Å². The summed E-state index contributed by atoms with van der Waals surface area (Å²) in [6, 6.07) is 7.92. The van der Waals surface area contributed by atoms with Crippen LogP contribution in [0.3, 0.4) is 0 Å². The Bertz CT molecular complexity index is 311. The highest BCUT2D eigenvalue weighted by Gasteiger charge is 1.97. The molecule has 90 valence electrons. The normalized spacial score (nSPS) is 9.00. The third kappa shape index (κ3) is 5.51. The van der Waals surface area contributed by atoms with Crippen LogP contribution in [0.5, 0.6) is 0 Å². The fourth-order valence-electron chi connectivity index (χ4n) is 1.19. The number of carbonyl (C=O) groups is 1. The minimum Gasteiger partial charge on any atom is -0.352 e. The fourth-order valence-corrected chi connectivity index (χ4v) is 1.19. The zero-order valence-electron chi connectivity index (χ0n) is 10.4. The highest BCUT2D eigenvalue weighted by atomic mass is 16.1. The third-order valence-electron chi connectivity index (χ3n) is 2.04. The van der Waals surface area contributed by atoms with Crippen LogP contribution in [0.4, 0.5) is 0 Å². The smallest absolute Gasteiger partial charge is 0.219 e. The summed E-state index contributed by atoms with van der Waals surface area (Å²) in [7, 11) is 0. The lowest BCUT2D eigenvalue weighted by Gasteiger charge is -2.05. The summed E-state index contributed by atoms with van der Waals surface area (Å²) in [5.41, 5.74) is 7.70. The molecule has 0 fully saturated rings. The molecule has 0 saturated carbocycles. The van der Waals surface area contributed by atoms with E-state index in [9.17, 15) is 4.79 Å². The van der Waals surface area contributed by atoms with E-state index in [4.69, 9.17) is 5.73 Å². The van der Waals surface area contributed by atoms with Crippen LogP contribution in [0.2, 0.25) is 0 Å². The molecule has 0 unspecified atom stereocenters. The van der Waals surface area contributed by atoms with Crippen molar-refractivity contribution in [2.45, 2.75) is 40.3 Å². The Hall–Kier alpha value is -1.35. The first kappa shape index (κ1) is 14.6. The molecule has 0 aliphatic heterocycles. The Balaban J connectivity index is 0.00000106. The van der Waals surface area contributed by atoms with E-state index in [2.05, 4.69) is 5.32 Å². The maximum atomic E-state index is 11.0. The van der Waals surface area contributed by atoms with E-state index in [0.717, 1.165) is 11.1 Å². The molecule has 1 aromatic rings. The molecule has 3 N–H and O–H groups in total. The molecule has 1 aromatic carbocycles. The van der Waals surface area contributed by atoms with E-state index in [1.165, 1.54) is 0 Å². The second kappa shape index (κ2) is 8.92. The van der Waals surface area contributed by atoms with Gasteiger partial charge >= 0.3 is 0 Å². The van der Waals surface area contributed by atoms with Crippen LogP contribution in [0, 0.1) is 0 Å². The molecule has 0 heterocycles. The molecular weight excluding hydrogens is 200 g/mol. The average molecular weight is 222 g/mol. The zero-order chi connectivity index (χ0) is 12.4. The van der Waals surface area contributed by atoms with Crippen molar-refractivity contribution in [2.75, 3.05) is 0 Å². The van der Waals surface area contributed by atoms with Gasteiger partial charge in [-0.15, -0.1) is 0 Å². The van der Waals surface area contributed by atoms with E-state index in [1.807, 2.05) is 45.0 Å². The SMILES string of the molecule is CC.CCC(=O)NCc1cccc(CN)c1. The molecule has 0 saturated heterocycles. The number of hydrogen-bond acceptors (Lipinski definition) is 2. The molecule has 3 nitrogen and oxygen atoms in total. The van der Waals surface area contributed by atoms with Crippen LogP contribution in [0.1, 0.15) is 38.3 Å². The van der Waals surface area contributed by atoms with Gasteiger partial charge in [0.15, 0.2) is 0 Å². The highest BCUT2D eigenvalue weighted by Crippen LogP contribution is 2.04. The maximum Gasteiger partial charge on any atom is 0.219 e. The van der Waals surface area contributed by atoms with Gasteiger partial charge in [0.2, 0.25) is 5.91 Å². The molecule has 0 aliphatic carbocycles. The van der Waals surface area contributed by atoms with E-state index >= 15 is 0 Å². The topological polar surface area (TPSA) is 55.1 Å². The number of nitrogens with two attached hydrogens (primary N) is 1. The van der Waals surface area contributed by atoms with Crippen molar-refractivity contribution in [3.05, 3.63) is 35.4 Å². The third-order valence-corrected chi connectivity index (χ3v) is 2.04. The number of benzene rings is 1. The van der Waals surface area contributed by atoms with Gasteiger partial charge in [-0.25, -0.2) is 0 Å². The molecular formula is C13H22N2O. The molecule has 16 heavy (non-hydrogen) atoms. The number of nitrogens with one attached hydrogen (secondary N) is 1. The largest absolute Gasteiger partial charge is 0.352 e. The summed E-state index contributed by atoms with van der Waals surface area (Å²) in [6.07, 6.45) is 0.524. The minimum atomic E-state index is 0.0724. The van der Waals surface area contributed by atoms with Gasteiger partial charge < -0.3 is 11.1 Å². The van der Waals surface area contributed by atoms with Gasteiger partial charge in [-0.2, -0.15) is 0 Å². The van der Waals surface area contributed by atoms with Gasteiger partial charge in [0.1, 0.15) is 0 Å². The lowest BCUT2D eigenvalue weighted by molar-refractivity contribution is -0.120. The molecule has 0 bridgehead atoms. The summed E-state index contributed by atoms with van der Waals surface area (Å²) >= 11 is 0. The number of hydrogen-bond donors (Lipinski definition) is 2. The van der Waals surface area contributed by atoms with E-state index in [-0.39, 0.29) is 5.91 Å². The first-order valence-corrected chi connectivity index (χ1v) is 5.81. The zero-order valence-corrected chi connectivity index (χ0v) is 10.4. The summed E-state index contributed by atoms with van der Waals surface area (Å²) in [6.45, 7) is 6.96. The second-order valence-electron chi connectivity index (χ2n) is 3.15. The van der Waals surface area contributed by atoms with Gasteiger partial charge in [-0.1, -0.05) is 45.0 Å². The summed E-state index contributed by atoms with van der Waals surface area (Å²) in [5, 5.41) is 2.82. The standard InChI is InChI=1S/C11H16N2O.C2H6/c1-2-11(14)13-8-10-5-3-4-9(6-10)7-12;1-2/h3-6H,2,7-8,12H2,1H3,(H,13,14);1-2H3. The first-order valence-electron chi connectivity index (χ1n) is 5.81. The summed E-state index contributed by atoms with van der Waals surface area (Å²) < 4.78 is 0. The predicted molar refractivity (Wildman–Crippen MR) is 67.8 cm³/mol. The molecule has 0 spiro atoms. The minimum absolute atomic E-state index is 0.0724. The molecule has 0 aromatic heterocycles. The Morgan fingerprint density at radius 2 is 1.94 bits per heavy atom. The fraction of sp³-hybridized carbons (Fsp3) is 0.462. The maximum absolute atomic E-state index is 11.0. The van der Waals surface area contributed by atoms with Gasteiger partial charge in [0, 0.05) is 19.5 Å². The van der Waals surface area contributed by atoms with E-state index in [1.54, 1.807) is 0 Å². The second-order valence-corrected chi connectivity index (χ2v) is 3.15. The Labute approximate surface area is 98.0 Å². The predicted octanol–water partition coefficient (Wildman–Crippen LogP) is 2.20. The molecule has 3 heteroatoms. The lowest BCUT2D eigenvalue weighted by Crippen LogP contribution is -2.21. The van der Waals surface area contributed by atoms with Crippen LogP contribution in [0.25, 0.3) is 0 Å². The van der Waals surface area contributed by atoms with E-state index < -0.39 is 0 Å². The summed E-state index contributed by atoms with van der Waals surface area (Å²) in [5.74, 6) is 0.0724. The van der Waals surface area contributed by atoms with Crippen LogP contribution in [-0.2, 0) is 17.9 Å². The monoisotopic (exact) mass is 222 g/mol. The van der Waals surface area contributed by atoms with Crippen LogP contribution in [-0.4, -0.2) is 5.91 Å². The van der Waals surface area contributed by atoms with Gasteiger partial charge in [0.25, 0.3) is 0 Å². The van der Waals surface area contributed by atoms with Gasteiger partial charge in [-0.05, 0) is 11.1 Å². The van der Waals surface area contributed by atoms with Crippen molar-refractivity contribution in [3.8, 4) is 0 Å². The van der Waals surface area contributed by atoms with Gasteiger partial charge in [-0.3, -0.25) is 4.79 Å². The molecule has 0 aliphatic rings. The summed E-state index contributed by atoms with van der Waals surface area (Å²) in [4.78, 5) is 11.0. The highest BCUT2D eigenvalue weighted by molar-refractivity contribution is 5.75. The van der Waals surface area contributed by atoms with E-state index in [0.29, 0.717) is 19.5 Å². The van der Waals surface area contributed by atoms with Crippen molar-refractivity contribution < 1.29 is 4.79 Å². The van der Waals surface area contributed by atoms with Crippen molar-refractivity contribution in [2.24, 2.45) is 5.73 Å². The van der Waals surface area contributed by atoms with Crippen LogP contribution < -0.4 is 11.1 Å². The van der Waals surface area contributed by atoms with Crippen LogP contribution >= 0.6 is 0 Å². The molecule has 0 radical (unpaired) electrons. The number of carbonyl (C=O) groups excluding carboxylic acids is 1. The van der Waals surface area contributed by atoms with Crippen LogP contribution in [0.15, 0.2) is 24.3 Å². The number of amides is 1. The Kier molecular flexibility index (Phi) is 8.17.